The number of hydrogen-bond acceptors (Lipinski definition) is 2. The molecule has 1 atom stereocenters. The van der Waals surface area contributed by atoms with E-state index in [4.69, 9.17) is 0 Å². The lowest BCUT2D eigenvalue weighted by Gasteiger charge is -2.19. The highest BCUT2D eigenvalue weighted by Gasteiger charge is 2.31. The van der Waals surface area contributed by atoms with Crippen molar-refractivity contribution in [2.24, 2.45) is 0 Å². The summed E-state index contributed by atoms with van der Waals surface area (Å²) in [4.78, 5) is 26.4. The molecule has 0 aromatic heterocycles. The van der Waals surface area contributed by atoms with Crippen molar-refractivity contribution in [2.75, 3.05) is 16.8 Å². The van der Waals surface area contributed by atoms with E-state index in [1.165, 1.54) is 5.56 Å². The Kier molecular flexibility index (Phi) is 4.98. The maximum absolute atomic E-state index is 12.4. The van der Waals surface area contributed by atoms with Crippen LogP contribution in [0.3, 0.4) is 0 Å². The minimum atomic E-state index is -0.279. The third kappa shape index (κ3) is 3.87. The van der Waals surface area contributed by atoms with Gasteiger partial charge in [-0.1, -0.05) is 18.2 Å². The Morgan fingerprint density at radius 1 is 1.00 bits per heavy atom. The second-order valence-corrected chi connectivity index (χ2v) is 7.09. The fourth-order valence-electron chi connectivity index (χ4n) is 3.16. The van der Waals surface area contributed by atoms with Crippen LogP contribution >= 0.6 is 0 Å². The molecule has 5 heteroatoms. The molecule has 0 spiro atoms. The average molecular weight is 351 g/mol. The molecular weight excluding hydrogens is 326 g/mol. The first kappa shape index (κ1) is 18.0. The van der Waals surface area contributed by atoms with Gasteiger partial charge in [0.1, 0.15) is 0 Å². The number of rotatable bonds is 3. The molecule has 1 aliphatic heterocycles. The van der Waals surface area contributed by atoms with E-state index in [0.29, 0.717) is 13.0 Å². The second kappa shape index (κ2) is 7.20. The highest BCUT2D eigenvalue weighted by Crippen LogP contribution is 2.24. The van der Waals surface area contributed by atoms with E-state index in [9.17, 15) is 9.59 Å². The smallest absolute Gasteiger partial charge is 0.319 e. The highest BCUT2D eigenvalue weighted by molar-refractivity contribution is 5.98. The number of nitrogens with one attached hydrogen (secondary N) is 2. The van der Waals surface area contributed by atoms with Crippen molar-refractivity contribution in [1.29, 1.82) is 0 Å². The van der Waals surface area contributed by atoms with Crippen LogP contribution in [0, 0.1) is 27.7 Å². The number of aryl methyl sites for hydroxylation is 4. The van der Waals surface area contributed by atoms with Gasteiger partial charge in [-0.15, -0.1) is 0 Å². The molecule has 0 aliphatic carbocycles. The van der Waals surface area contributed by atoms with Gasteiger partial charge in [-0.25, -0.2) is 4.79 Å². The van der Waals surface area contributed by atoms with Crippen LogP contribution in [0.5, 0.6) is 0 Å². The summed E-state index contributed by atoms with van der Waals surface area (Å²) in [5.41, 5.74) is 6.12. The number of nitrogens with zero attached hydrogens (tertiary/aromatic N) is 1. The summed E-state index contributed by atoms with van der Waals surface area (Å²) < 4.78 is 0. The monoisotopic (exact) mass is 351 g/mol. The molecule has 0 radical (unpaired) electrons. The third-order valence-electron chi connectivity index (χ3n) is 4.90. The van der Waals surface area contributed by atoms with E-state index in [0.717, 1.165) is 28.1 Å². The number of carbonyl (C=O) groups is 2. The molecule has 2 aromatic carbocycles. The number of carbonyl (C=O) groups excluding carboxylic acids is 2. The fraction of sp³-hybridized carbons (Fsp3) is 0.333. The van der Waals surface area contributed by atoms with E-state index in [1.807, 2.05) is 64.1 Å². The van der Waals surface area contributed by atoms with E-state index in [1.54, 1.807) is 4.90 Å². The normalized spacial score (nSPS) is 16.7. The number of benzene rings is 2. The van der Waals surface area contributed by atoms with Crippen molar-refractivity contribution in [3.63, 3.8) is 0 Å². The topological polar surface area (TPSA) is 61.4 Å². The second-order valence-electron chi connectivity index (χ2n) is 7.09. The lowest BCUT2D eigenvalue weighted by Crippen LogP contribution is -2.39. The lowest BCUT2D eigenvalue weighted by molar-refractivity contribution is -0.117. The zero-order valence-electron chi connectivity index (χ0n) is 15.7. The van der Waals surface area contributed by atoms with Crippen LogP contribution in [-0.4, -0.2) is 24.5 Å². The Morgan fingerprint density at radius 3 is 2.46 bits per heavy atom. The summed E-state index contributed by atoms with van der Waals surface area (Å²) in [6.45, 7) is 8.51. The standard InChI is InChI=1S/C21H25N3O2/c1-13-5-6-15(3)19(9-13)23-21(26)22-17-11-20(25)24(12-17)18-8-7-14(2)16(4)10-18/h5-10,17H,11-12H2,1-4H3,(H2,22,23,26). The lowest BCUT2D eigenvalue weighted by atomic mass is 10.1. The van der Waals surface area contributed by atoms with E-state index in [2.05, 4.69) is 10.6 Å². The molecular formula is C21H25N3O2. The quantitative estimate of drug-likeness (QED) is 0.882. The van der Waals surface area contributed by atoms with Gasteiger partial charge in [-0.3, -0.25) is 4.79 Å². The Balaban J connectivity index is 1.64. The maximum Gasteiger partial charge on any atom is 0.319 e. The van der Waals surface area contributed by atoms with Crippen LogP contribution in [0.25, 0.3) is 0 Å². The fourth-order valence-corrected chi connectivity index (χ4v) is 3.16. The van der Waals surface area contributed by atoms with Crippen LogP contribution in [0.4, 0.5) is 16.2 Å². The van der Waals surface area contributed by atoms with Crippen LogP contribution in [0.2, 0.25) is 0 Å². The SMILES string of the molecule is Cc1ccc(C)c(NC(=O)NC2CC(=O)N(c3ccc(C)c(C)c3)C2)c1. The largest absolute Gasteiger partial charge is 0.333 e. The predicted molar refractivity (Wildman–Crippen MR) is 105 cm³/mol. The summed E-state index contributed by atoms with van der Waals surface area (Å²) in [6, 6.07) is 11.4. The van der Waals surface area contributed by atoms with E-state index < -0.39 is 0 Å². The molecule has 3 rings (SSSR count). The summed E-state index contributed by atoms with van der Waals surface area (Å²) in [5, 5.41) is 5.80. The van der Waals surface area contributed by atoms with Crippen molar-refractivity contribution in [1.82, 2.24) is 5.32 Å². The molecule has 1 aliphatic rings. The maximum atomic E-state index is 12.4. The van der Waals surface area contributed by atoms with E-state index >= 15 is 0 Å². The Morgan fingerprint density at radius 2 is 1.73 bits per heavy atom. The van der Waals surface area contributed by atoms with Crippen molar-refractivity contribution in [3.05, 3.63) is 58.7 Å². The number of urea groups is 1. The van der Waals surface area contributed by atoms with Crippen molar-refractivity contribution in [2.45, 2.75) is 40.2 Å². The van der Waals surface area contributed by atoms with Gasteiger partial charge in [0.25, 0.3) is 0 Å². The Bertz CT molecular complexity index is 860. The molecule has 0 bridgehead atoms. The first-order valence-electron chi connectivity index (χ1n) is 8.86. The molecule has 136 valence electrons. The molecule has 3 amide bonds. The Labute approximate surface area is 154 Å². The van der Waals surface area contributed by atoms with Gasteiger partial charge in [0, 0.05) is 24.3 Å². The Hall–Kier alpha value is -2.82. The van der Waals surface area contributed by atoms with Crippen LogP contribution in [0.1, 0.15) is 28.7 Å². The molecule has 1 heterocycles. The third-order valence-corrected chi connectivity index (χ3v) is 4.90. The predicted octanol–water partition coefficient (Wildman–Crippen LogP) is 3.85. The summed E-state index contributed by atoms with van der Waals surface area (Å²) in [5.74, 6) is 0.0327. The first-order chi connectivity index (χ1) is 12.3. The van der Waals surface area contributed by atoms with Crippen LogP contribution in [-0.2, 0) is 4.79 Å². The average Bonchev–Trinajstić information content (AvgIpc) is 2.93. The minimum absolute atomic E-state index is 0.0327. The van der Waals surface area contributed by atoms with Crippen molar-refractivity contribution in [3.8, 4) is 0 Å². The van der Waals surface area contributed by atoms with Gasteiger partial charge in [0.15, 0.2) is 0 Å². The van der Waals surface area contributed by atoms with Crippen LogP contribution < -0.4 is 15.5 Å². The molecule has 2 N–H and O–H groups in total. The van der Waals surface area contributed by atoms with E-state index in [-0.39, 0.29) is 18.0 Å². The molecule has 26 heavy (non-hydrogen) atoms. The summed E-state index contributed by atoms with van der Waals surface area (Å²) in [7, 11) is 0. The minimum Gasteiger partial charge on any atom is -0.333 e. The van der Waals surface area contributed by atoms with Crippen molar-refractivity contribution < 1.29 is 9.59 Å². The van der Waals surface area contributed by atoms with Gasteiger partial charge in [0.05, 0.1) is 6.04 Å². The zero-order valence-corrected chi connectivity index (χ0v) is 15.7. The molecule has 1 fully saturated rings. The number of hydrogen-bond donors (Lipinski definition) is 2. The van der Waals surface area contributed by atoms with Crippen LogP contribution in [0.15, 0.2) is 36.4 Å². The number of amides is 3. The van der Waals surface area contributed by atoms with Gasteiger partial charge in [0.2, 0.25) is 5.91 Å². The molecule has 2 aromatic rings. The highest BCUT2D eigenvalue weighted by atomic mass is 16.2. The van der Waals surface area contributed by atoms with Gasteiger partial charge in [-0.2, -0.15) is 0 Å². The first-order valence-corrected chi connectivity index (χ1v) is 8.86. The summed E-state index contributed by atoms with van der Waals surface area (Å²) >= 11 is 0. The molecule has 5 nitrogen and oxygen atoms in total. The summed E-state index contributed by atoms with van der Waals surface area (Å²) in [6.07, 6.45) is 0.313. The zero-order chi connectivity index (χ0) is 18.8. The molecule has 1 unspecified atom stereocenters. The van der Waals surface area contributed by atoms with Gasteiger partial charge >= 0.3 is 6.03 Å². The number of anilines is 2. The molecule has 1 saturated heterocycles. The van der Waals surface area contributed by atoms with Gasteiger partial charge in [-0.05, 0) is 68.1 Å². The van der Waals surface area contributed by atoms with Gasteiger partial charge < -0.3 is 15.5 Å². The van der Waals surface area contributed by atoms with Crippen molar-refractivity contribution >= 4 is 23.3 Å². The molecule has 0 saturated carbocycles.